The minimum absolute atomic E-state index is 0.00505. The summed E-state index contributed by atoms with van der Waals surface area (Å²) in [4.78, 5) is 12.2. The van der Waals surface area contributed by atoms with E-state index in [1.165, 1.54) is 12.8 Å². The molecular weight excluding hydrogens is 294 g/mol. The van der Waals surface area contributed by atoms with Crippen LogP contribution >= 0.6 is 15.9 Å². The highest BCUT2D eigenvalue weighted by molar-refractivity contribution is 9.10. The van der Waals surface area contributed by atoms with Gasteiger partial charge in [0.15, 0.2) is 0 Å². The van der Waals surface area contributed by atoms with Crippen LogP contribution < -0.4 is 5.56 Å². The van der Waals surface area contributed by atoms with E-state index in [2.05, 4.69) is 22.9 Å². The molecule has 0 amide bonds. The number of halogens is 1. The quantitative estimate of drug-likeness (QED) is 0.926. The average molecular weight is 307 g/mol. The standard InChI is InChI=1S/C14H13BrNO2/c1-8-13(17)11-5-4-10(15)6-12(11)16(14(8)18)7-9-2-3-9/h4-6,9,17H,1-3,7H2. The SMILES string of the molecule is [CH2]c1c(O)c2ccc(Br)cc2n(CC2CC2)c1=O. The fraction of sp³-hybridized carbons (Fsp3) is 0.286. The van der Waals surface area contributed by atoms with Gasteiger partial charge < -0.3 is 9.67 Å². The van der Waals surface area contributed by atoms with Gasteiger partial charge in [0.1, 0.15) is 5.75 Å². The third-order valence-corrected chi connectivity index (χ3v) is 3.93. The summed E-state index contributed by atoms with van der Waals surface area (Å²) in [5, 5.41) is 10.7. The normalized spacial score (nSPS) is 15.2. The molecule has 3 nitrogen and oxygen atoms in total. The predicted octanol–water partition coefficient (Wildman–Crippen LogP) is 3.06. The second kappa shape index (κ2) is 4.12. The third-order valence-electron chi connectivity index (χ3n) is 3.43. The maximum absolute atomic E-state index is 12.2. The Labute approximate surface area is 113 Å². The topological polar surface area (TPSA) is 42.2 Å². The van der Waals surface area contributed by atoms with Crippen molar-refractivity contribution in [2.75, 3.05) is 0 Å². The molecule has 0 atom stereocenters. The van der Waals surface area contributed by atoms with E-state index in [0.717, 1.165) is 9.99 Å². The molecule has 1 N–H and O–H groups in total. The Bertz CT molecular complexity index is 686. The monoisotopic (exact) mass is 306 g/mol. The number of aromatic hydroxyl groups is 1. The summed E-state index contributed by atoms with van der Waals surface area (Å²) >= 11 is 3.40. The Balaban J connectivity index is 2.35. The van der Waals surface area contributed by atoms with Crippen molar-refractivity contribution in [3.63, 3.8) is 0 Å². The highest BCUT2D eigenvalue weighted by Gasteiger charge is 2.24. The molecule has 1 radical (unpaired) electrons. The molecule has 1 saturated carbocycles. The number of nitrogens with zero attached hydrogens (tertiary/aromatic N) is 1. The molecule has 1 aromatic carbocycles. The minimum atomic E-state index is -0.190. The van der Waals surface area contributed by atoms with Crippen LogP contribution in [0.15, 0.2) is 27.5 Å². The van der Waals surface area contributed by atoms with E-state index in [4.69, 9.17) is 0 Å². The highest BCUT2D eigenvalue weighted by atomic mass is 79.9. The summed E-state index contributed by atoms with van der Waals surface area (Å²) in [5.74, 6) is 0.586. The molecule has 1 aromatic heterocycles. The van der Waals surface area contributed by atoms with Crippen molar-refractivity contribution in [3.05, 3.63) is 45.5 Å². The van der Waals surface area contributed by atoms with Gasteiger partial charge in [-0.25, -0.2) is 0 Å². The van der Waals surface area contributed by atoms with Gasteiger partial charge in [0, 0.05) is 16.4 Å². The molecule has 93 valence electrons. The lowest BCUT2D eigenvalue weighted by Crippen LogP contribution is -2.23. The van der Waals surface area contributed by atoms with E-state index in [9.17, 15) is 9.90 Å². The molecule has 1 heterocycles. The van der Waals surface area contributed by atoms with Crippen LogP contribution in [0, 0.1) is 12.8 Å². The molecule has 18 heavy (non-hydrogen) atoms. The van der Waals surface area contributed by atoms with E-state index in [1.807, 2.05) is 18.2 Å². The summed E-state index contributed by atoms with van der Waals surface area (Å²) < 4.78 is 2.63. The summed E-state index contributed by atoms with van der Waals surface area (Å²) in [5.41, 5.74) is 0.765. The van der Waals surface area contributed by atoms with Crippen molar-refractivity contribution in [1.29, 1.82) is 0 Å². The van der Waals surface area contributed by atoms with Gasteiger partial charge in [0.05, 0.1) is 11.1 Å². The maximum Gasteiger partial charge on any atom is 0.257 e. The molecule has 1 aliphatic carbocycles. The summed E-state index contributed by atoms with van der Waals surface area (Å²) in [6.45, 7) is 4.40. The van der Waals surface area contributed by atoms with Crippen LogP contribution in [0.25, 0.3) is 10.9 Å². The van der Waals surface area contributed by atoms with Gasteiger partial charge in [0.25, 0.3) is 5.56 Å². The van der Waals surface area contributed by atoms with Gasteiger partial charge in [-0.05, 0) is 43.9 Å². The first-order chi connectivity index (χ1) is 8.58. The van der Waals surface area contributed by atoms with Crippen LogP contribution in [0.3, 0.4) is 0 Å². The molecule has 0 spiro atoms. The number of hydrogen-bond donors (Lipinski definition) is 1. The van der Waals surface area contributed by atoms with Crippen molar-refractivity contribution in [3.8, 4) is 5.75 Å². The summed E-state index contributed by atoms with van der Waals surface area (Å²) in [7, 11) is 0. The second-order valence-corrected chi connectivity index (χ2v) is 5.76. The molecule has 1 aliphatic rings. The van der Waals surface area contributed by atoms with E-state index in [1.54, 1.807) is 4.57 Å². The first kappa shape index (κ1) is 11.8. The maximum atomic E-state index is 12.2. The molecule has 1 fully saturated rings. The van der Waals surface area contributed by atoms with Gasteiger partial charge in [-0.2, -0.15) is 0 Å². The van der Waals surface area contributed by atoms with Gasteiger partial charge in [-0.1, -0.05) is 15.9 Å². The van der Waals surface area contributed by atoms with Gasteiger partial charge in [0.2, 0.25) is 0 Å². The first-order valence-electron chi connectivity index (χ1n) is 5.95. The molecule has 4 heteroatoms. The molecular formula is C14H13BrNO2. The summed E-state index contributed by atoms with van der Waals surface area (Å²) in [6.07, 6.45) is 2.35. The number of pyridine rings is 1. The largest absolute Gasteiger partial charge is 0.507 e. The zero-order valence-corrected chi connectivity index (χ0v) is 11.4. The average Bonchev–Trinajstić information content (AvgIpc) is 3.16. The van der Waals surface area contributed by atoms with Crippen molar-refractivity contribution >= 4 is 26.8 Å². The Morgan fingerprint density at radius 3 is 2.83 bits per heavy atom. The molecule has 0 saturated heterocycles. The number of fused-ring (bicyclic) bond motifs is 1. The fourth-order valence-electron chi connectivity index (χ4n) is 2.20. The summed E-state index contributed by atoms with van der Waals surface area (Å²) in [6, 6.07) is 5.54. The number of aromatic nitrogens is 1. The molecule has 3 rings (SSSR count). The van der Waals surface area contributed by atoms with Gasteiger partial charge in [-0.3, -0.25) is 4.79 Å². The van der Waals surface area contributed by atoms with Crippen LogP contribution in [0.5, 0.6) is 5.75 Å². The molecule has 0 bridgehead atoms. The third kappa shape index (κ3) is 1.85. The van der Waals surface area contributed by atoms with Crippen LogP contribution in [-0.4, -0.2) is 9.67 Å². The van der Waals surface area contributed by atoms with E-state index in [-0.39, 0.29) is 16.9 Å². The number of benzene rings is 1. The number of rotatable bonds is 2. The lowest BCUT2D eigenvalue weighted by Gasteiger charge is -2.13. The molecule has 2 aromatic rings. The Kier molecular flexibility index (Phi) is 2.70. The smallest absolute Gasteiger partial charge is 0.257 e. The predicted molar refractivity (Wildman–Crippen MR) is 74.8 cm³/mol. The van der Waals surface area contributed by atoms with E-state index in [0.29, 0.717) is 17.8 Å². The molecule has 0 aliphatic heterocycles. The molecule has 0 unspecified atom stereocenters. The van der Waals surface area contributed by atoms with Crippen LogP contribution in [0.2, 0.25) is 0 Å². The lowest BCUT2D eigenvalue weighted by atomic mass is 10.1. The lowest BCUT2D eigenvalue weighted by molar-refractivity contribution is 0.475. The number of hydrogen-bond acceptors (Lipinski definition) is 2. The van der Waals surface area contributed by atoms with Gasteiger partial charge in [-0.15, -0.1) is 0 Å². The van der Waals surface area contributed by atoms with Crippen LogP contribution in [0.4, 0.5) is 0 Å². The van der Waals surface area contributed by atoms with E-state index < -0.39 is 0 Å². The highest BCUT2D eigenvalue weighted by Crippen LogP contribution is 2.33. The van der Waals surface area contributed by atoms with E-state index >= 15 is 0 Å². The Morgan fingerprint density at radius 1 is 1.44 bits per heavy atom. The van der Waals surface area contributed by atoms with Crippen molar-refractivity contribution in [2.24, 2.45) is 5.92 Å². The van der Waals surface area contributed by atoms with Crippen LogP contribution in [-0.2, 0) is 6.54 Å². The Hall–Kier alpha value is -1.29. The van der Waals surface area contributed by atoms with Gasteiger partial charge >= 0.3 is 0 Å². The zero-order valence-electron chi connectivity index (χ0n) is 9.82. The van der Waals surface area contributed by atoms with Crippen molar-refractivity contribution in [1.82, 2.24) is 4.57 Å². The minimum Gasteiger partial charge on any atom is -0.507 e. The van der Waals surface area contributed by atoms with Crippen LogP contribution in [0.1, 0.15) is 18.4 Å². The van der Waals surface area contributed by atoms with Crippen molar-refractivity contribution < 1.29 is 5.11 Å². The second-order valence-electron chi connectivity index (χ2n) is 4.85. The van der Waals surface area contributed by atoms with Crippen molar-refractivity contribution in [2.45, 2.75) is 19.4 Å². The fourth-order valence-corrected chi connectivity index (χ4v) is 2.55. The first-order valence-corrected chi connectivity index (χ1v) is 6.74. The zero-order chi connectivity index (χ0) is 12.9. The Morgan fingerprint density at radius 2 is 2.17 bits per heavy atom.